The van der Waals surface area contributed by atoms with Gasteiger partial charge in [-0.3, -0.25) is 4.79 Å². The van der Waals surface area contributed by atoms with E-state index < -0.39 is 5.79 Å². The van der Waals surface area contributed by atoms with Gasteiger partial charge in [-0.1, -0.05) is 0 Å². The van der Waals surface area contributed by atoms with Crippen LogP contribution < -0.4 is 10.2 Å². The molecule has 0 radical (unpaired) electrons. The first-order valence-electron chi connectivity index (χ1n) is 7.74. The van der Waals surface area contributed by atoms with Gasteiger partial charge in [0.15, 0.2) is 5.79 Å². The molecule has 1 spiro atoms. The fourth-order valence-electron chi connectivity index (χ4n) is 2.78. The molecule has 0 bridgehead atoms. The van der Waals surface area contributed by atoms with Crippen LogP contribution in [0.2, 0.25) is 0 Å². The zero-order valence-electron chi connectivity index (χ0n) is 13.0. The molecule has 7 nitrogen and oxygen atoms in total. The van der Waals surface area contributed by atoms with Gasteiger partial charge in [0.1, 0.15) is 0 Å². The molecule has 1 N–H and O–H groups in total. The molecule has 22 heavy (non-hydrogen) atoms. The number of piperidine rings is 1. The van der Waals surface area contributed by atoms with Gasteiger partial charge in [-0.2, -0.15) is 0 Å². The number of aromatic nitrogens is 2. The van der Waals surface area contributed by atoms with Crippen LogP contribution in [0.3, 0.4) is 0 Å². The normalized spacial score (nSPS) is 20.6. The van der Waals surface area contributed by atoms with E-state index in [1.807, 2.05) is 13.8 Å². The van der Waals surface area contributed by atoms with Crippen molar-refractivity contribution in [2.75, 3.05) is 31.2 Å². The van der Waals surface area contributed by atoms with Crippen molar-refractivity contribution >= 4 is 11.9 Å². The molecule has 0 aromatic carbocycles. The minimum Gasteiger partial charge on any atom is -0.350 e. The molecule has 1 amide bonds. The molecule has 120 valence electrons. The number of nitrogens with one attached hydrogen (secondary N) is 1. The molecule has 2 fully saturated rings. The number of hydrogen-bond donors (Lipinski definition) is 1. The maximum absolute atomic E-state index is 11.9. The van der Waals surface area contributed by atoms with Crippen molar-refractivity contribution in [2.45, 2.75) is 38.5 Å². The predicted octanol–water partition coefficient (Wildman–Crippen LogP) is 0.958. The van der Waals surface area contributed by atoms with Crippen LogP contribution in [0.5, 0.6) is 0 Å². The average molecular weight is 306 g/mol. The minimum atomic E-state index is -0.395. The number of hydrogen-bond acceptors (Lipinski definition) is 6. The quantitative estimate of drug-likeness (QED) is 0.896. The van der Waals surface area contributed by atoms with E-state index in [-0.39, 0.29) is 11.9 Å². The minimum absolute atomic E-state index is 0.0943. The Morgan fingerprint density at radius 3 is 2.36 bits per heavy atom. The molecule has 1 aromatic heterocycles. The SMILES string of the molecule is CC(C)NC(=O)c1cnc(N2CCC3(CC2)OCCO3)nc1. The number of ether oxygens (including phenoxy) is 2. The maximum atomic E-state index is 11.9. The van der Waals surface area contributed by atoms with Gasteiger partial charge in [-0.25, -0.2) is 9.97 Å². The second kappa shape index (κ2) is 6.18. The van der Waals surface area contributed by atoms with Crippen molar-refractivity contribution in [2.24, 2.45) is 0 Å². The zero-order chi connectivity index (χ0) is 15.6. The van der Waals surface area contributed by atoms with Crippen molar-refractivity contribution in [1.82, 2.24) is 15.3 Å². The Morgan fingerprint density at radius 2 is 1.82 bits per heavy atom. The molecule has 2 aliphatic heterocycles. The topological polar surface area (TPSA) is 76.6 Å². The van der Waals surface area contributed by atoms with Crippen LogP contribution in [0.4, 0.5) is 5.95 Å². The lowest BCUT2D eigenvalue weighted by Gasteiger charge is -2.37. The first-order chi connectivity index (χ1) is 10.6. The molecule has 3 heterocycles. The van der Waals surface area contributed by atoms with Crippen molar-refractivity contribution in [3.63, 3.8) is 0 Å². The Morgan fingerprint density at radius 1 is 1.23 bits per heavy atom. The first-order valence-corrected chi connectivity index (χ1v) is 7.74. The molecule has 1 aromatic rings. The van der Waals surface area contributed by atoms with Crippen LogP contribution in [-0.4, -0.2) is 54.0 Å². The summed E-state index contributed by atoms with van der Waals surface area (Å²) in [5, 5.41) is 2.83. The Labute approximate surface area is 130 Å². The van der Waals surface area contributed by atoms with E-state index in [9.17, 15) is 4.79 Å². The van der Waals surface area contributed by atoms with Crippen LogP contribution in [0.1, 0.15) is 37.0 Å². The number of anilines is 1. The van der Waals surface area contributed by atoms with E-state index >= 15 is 0 Å². The molecule has 3 rings (SSSR count). The highest BCUT2D eigenvalue weighted by Gasteiger charge is 2.40. The highest BCUT2D eigenvalue weighted by molar-refractivity contribution is 5.93. The Kier molecular flexibility index (Phi) is 4.26. The van der Waals surface area contributed by atoms with Gasteiger partial charge in [0.25, 0.3) is 5.91 Å². The fourth-order valence-corrected chi connectivity index (χ4v) is 2.78. The van der Waals surface area contributed by atoms with Crippen molar-refractivity contribution < 1.29 is 14.3 Å². The Balaban J connectivity index is 1.60. The lowest BCUT2D eigenvalue weighted by atomic mass is 10.0. The summed E-state index contributed by atoms with van der Waals surface area (Å²) in [6.45, 7) is 6.77. The number of rotatable bonds is 3. The molecule has 2 aliphatic rings. The van der Waals surface area contributed by atoms with E-state index in [1.54, 1.807) is 12.4 Å². The third kappa shape index (κ3) is 3.20. The molecule has 2 saturated heterocycles. The number of nitrogens with zero attached hydrogens (tertiary/aromatic N) is 3. The summed E-state index contributed by atoms with van der Waals surface area (Å²) in [7, 11) is 0. The van der Waals surface area contributed by atoms with E-state index in [1.165, 1.54) is 0 Å². The highest BCUT2D eigenvalue weighted by Crippen LogP contribution is 2.32. The van der Waals surface area contributed by atoms with Crippen LogP contribution >= 0.6 is 0 Å². The van der Waals surface area contributed by atoms with Gasteiger partial charge in [-0.15, -0.1) is 0 Å². The highest BCUT2D eigenvalue weighted by atomic mass is 16.7. The van der Waals surface area contributed by atoms with Gasteiger partial charge in [0, 0.05) is 44.4 Å². The van der Waals surface area contributed by atoms with Gasteiger partial charge in [-0.05, 0) is 13.8 Å². The summed E-state index contributed by atoms with van der Waals surface area (Å²) in [6.07, 6.45) is 4.78. The standard InChI is InChI=1S/C15H22N4O3/c1-11(2)18-13(20)12-9-16-14(17-10-12)19-5-3-15(4-6-19)21-7-8-22-15/h9-11H,3-8H2,1-2H3,(H,18,20). The van der Waals surface area contributed by atoms with E-state index in [0.717, 1.165) is 25.9 Å². The van der Waals surface area contributed by atoms with Crippen LogP contribution in [0, 0.1) is 0 Å². The summed E-state index contributed by atoms with van der Waals surface area (Å²) < 4.78 is 11.4. The van der Waals surface area contributed by atoms with Gasteiger partial charge in [0.2, 0.25) is 5.95 Å². The number of carbonyl (C=O) groups excluding carboxylic acids is 1. The van der Waals surface area contributed by atoms with Gasteiger partial charge in [0.05, 0.1) is 18.8 Å². The van der Waals surface area contributed by atoms with Crippen molar-refractivity contribution in [3.05, 3.63) is 18.0 Å². The third-order valence-corrected chi connectivity index (χ3v) is 3.94. The molecule has 7 heteroatoms. The van der Waals surface area contributed by atoms with E-state index in [0.29, 0.717) is 24.7 Å². The molecular weight excluding hydrogens is 284 g/mol. The Hall–Kier alpha value is -1.73. The third-order valence-electron chi connectivity index (χ3n) is 3.94. The second-order valence-electron chi connectivity index (χ2n) is 5.99. The summed E-state index contributed by atoms with van der Waals surface area (Å²) in [6, 6.07) is 0.0943. The fraction of sp³-hybridized carbons (Fsp3) is 0.667. The van der Waals surface area contributed by atoms with Crippen LogP contribution in [-0.2, 0) is 9.47 Å². The zero-order valence-corrected chi connectivity index (χ0v) is 13.0. The summed E-state index contributed by atoms with van der Waals surface area (Å²) in [4.78, 5) is 22.6. The summed E-state index contributed by atoms with van der Waals surface area (Å²) >= 11 is 0. The van der Waals surface area contributed by atoms with E-state index in [2.05, 4.69) is 20.2 Å². The number of amides is 1. The largest absolute Gasteiger partial charge is 0.350 e. The van der Waals surface area contributed by atoms with Crippen LogP contribution in [0.25, 0.3) is 0 Å². The van der Waals surface area contributed by atoms with Gasteiger partial charge >= 0.3 is 0 Å². The van der Waals surface area contributed by atoms with E-state index in [4.69, 9.17) is 9.47 Å². The monoisotopic (exact) mass is 306 g/mol. The summed E-state index contributed by atoms with van der Waals surface area (Å²) in [5.41, 5.74) is 0.480. The average Bonchev–Trinajstić information content (AvgIpc) is 2.96. The van der Waals surface area contributed by atoms with Crippen LogP contribution in [0.15, 0.2) is 12.4 Å². The summed E-state index contributed by atoms with van der Waals surface area (Å²) in [5.74, 6) is 0.106. The first kappa shape index (κ1) is 15.2. The lowest BCUT2D eigenvalue weighted by molar-refractivity contribution is -0.169. The van der Waals surface area contributed by atoms with Crippen molar-refractivity contribution in [3.8, 4) is 0 Å². The molecule has 0 aliphatic carbocycles. The molecular formula is C15H22N4O3. The maximum Gasteiger partial charge on any atom is 0.254 e. The van der Waals surface area contributed by atoms with Crippen molar-refractivity contribution in [1.29, 1.82) is 0 Å². The smallest absolute Gasteiger partial charge is 0.254 e. The lowest BCUT2D eigenvalue weighted by Crippen LogP contribution is -2.45. The Bertz CT molecular complexity index is 516. The van der Waals surface area contributed by atoms with Gasteiger partial charge < -0.3 is 19.7 Å². The number of carbonyl (C=O) groups is 1. The second-order valence-corrected chi connectivity index (χ2v) is 5.99. The molecule has 0 unspecified atom stereocenters. The predicted molar refractivity (Wildman–Crippen MR) is 80.7 cm³/mol. The molecule has 0 saturated carbocycles. The molecule has 0 atom stereocenters.